The number of carbonyl (C=O) groups is 2. The lowest BCUT2D eigenvalue weighted by molar-refractivity contribution is -0.870. The number of aliphatic hydroxyl groups excluding tert-OH is 1. The van der Waals surface area contributed by atoms with Crippen LogP contribution >= 0.6 is 7.82 Å². The summed E-state index contributed by atoms with van der Waals surface area (Å²) in [7, 11) is 1.44. The maximum Gasteiger partial charge on any atom is 0.472 e. The van der Waals surface area contributed by atoms with E-state index in [-0.39, 0.29) is 38.1 Å². The molecule has 0 rings (SSSR count). The highest BCUT2D eigenvalue weighted by Gasteiger charge is 2.27. The fourth-order valence-corrected chi connectivity index (χ4v) is 6.42. The van der Waals surface area contributed by atoms with Gasteiger partial charge in [-0.2, -0.15) is 0 Å². The summed E-state index contributed by atoms with van der Waals surface area (Å²) >= 11 is 0. The van der Waals surface area contributed by atoms with E-state index in [2.05, 4.69) is 19.9 Å². The molecule has 0 amide bonds. The Morgan fingerprint density at radius 1 is 0.660 bits per heavy atom. The molecule has 0 aliphatic heterocycles. The number of hydrogen-bond donors (Lipinski definition) is 2. The molecule has 0 aromatic heterocycles. The zero-order chi connectivity index (χ0) is 39.5. The van der Waals surface area contributed by atoms with E-state index in [9.17, 15) is 24.2 Å². The molecule has 10 nitrogen and oxygen atoms in total. The minimum absolute atomic E-state index is 0.0203. The second-order valence-corrected chi connectivity index (χ2v) is 17.0. The monoisotopic (exact) mass is 775 g/mol. The summed E-state index contributed by atoms with van der Waals surface area (Å²) in [5.74, 6) is -0.845. The van der Waals surface area contributed by atoms with Crippen LogP contribution in [0, 0.1) is 0 Å². The Bertz CT molecular complexity index is 982. The predicted molar refractivity (Wildman–Crippen MR) is 217 cm³/mol. The van der Waals surface area contributed by atoms with E-state index in [4.69, 9.17) is 18.5 Å². The summed E-state index contributed by atoms with van der Waals surface area (Å²) in [6, 6.07) is 0. The fourth-order valence-electron chi connectivity index (χ4n) is 5.68. The summed E-state index contributed by atoms with van der Waals surface area (Å²) in [5.41, 5.74) is 0. The highest BCUT2D eigenvalue weighted by molar-refractivity contribution is 7.47. The summed E-state index contributed by atoms with van der Waals surface area (Å²) in [4.78, 5) is 35.3. The van der Waals surface area contributed by atoms with Crippen molar-refractivity contribution < 1.29 is 47.2 Å². The number of unbranched alkanes of at least 4 members (excludes halogenated alkanes) is 19. The predicted octanol–water partition coefficient (Wildman–Crippen LogP) is 10.5. The summed E-state index contributed by atoms with van der Waals surface area (Å²) < 4.78 is 34.2. The Morgan fingerprint density at radius 3 is 1.74 bits per heavy atom. The molecule has 0 saturated carbocycles. The second-order valence-electron chi connectivity index (χ2n) is 15.6. The van der Waals surface area contributed by atoms with Gasteiger partial charge in [0.1, 0.15) is 19.8 Å². The maximum atomic E-state index is 12.7. The number of quaternary nitrogens is 1. The van der Waals surface area contributed by atoms with Crippen molar-refractivity contribution in [1.29, 1.82) is 0 Å². The van der Waals surface area contributed by atoms with Crippen LogP contribution in [-0.4, -0.2) is 86.1 Å². The van der Waals surface area contributed by atoms with Crippen molar-refractivity contribution in [2.45, 2.75) is 187 Å². The number of ether oxygens (including phenoxy) is 2. The van der Waals surface area contributed by atoms with Crippen molar-refractivity contribution in [2.24, 2.45) is 0 Å². The molecule has 0 aliphatic carbocycles. The van der Waals surface area contributed by atoms with Crippen molar-refractivity contribution in [3.8, 4) is 0 Å². The van der Waals surface area contributed by atoms with Gasteiger partial charge in [-0.3, -0.25) is 18.6 Å². The van der Waals surface area contributed by atoms with Gasteiger partial charge < -0.3 is 24.0 Å². The van der Waals surface area contributed by atoms with Crippen LogP contribution in [0.15, 0.2) is 24.3 Å². The topological polar surface area (TPSA) is 129 Å². The number of aliphatic hydroxyl groups is 1. The van der Waals surface area contributed by atoms with Crippen molar-refractivity contribution in [2.75, 3.05) is 47.5 Å². The number of rotatable bonds is 38. The van der Waals surface area contributed by atoms with E-state index in [0.29, 0.717) is 17.4 Å². The number of phosphoric ester groups is 1. The van der Waals surface area contributed by atoms with E-state index in [0.717, 1.165) is 77.0 Å². The molecule has 3 atom stereocenters. The van der Waals surface area contributed by atoms with Gasteiger partial charge in [0.05, 0.1) is 33.9 Å². The molecule has 1 unspecified atom stereocenters. The van der Waals surface area contributed by atoms with Gasteiger partial charge in [0, 0.05) is 12.8 Å². The first kappa shape index (κ1) is 51.5. The summed E-state index contributed by atoms with van der Waals surface area (Å²) in [5, 5.41) is 9.93. The first-order valence-electron chi connectivity index (χ1n) is 21.2. The van der Waals surface area contributed by atoms with Crippen molar-refractivity contribution >= 4 is 19.8 Å². The van der Waals surface area contributed by atoms with Gasteiger partial charge >= 0.3 is 19.8 Å². The average molecular weight is 775 g/mol. The molecule has 0 aromatic rings. The van der Waals surface area contributed by atoms with Crippen LogP contribution in [0.25, 0.3) is 0 Å². The molecule has 0 heterocycles. The van der Waals surface area contributed by atoms with Crippen molar-refractivity contribution in [3.63, 3.8) is 0 Å². The Balaban J connectivity index is 4.45. The Morgan fingerprint density at radius 2 is 1.17 bits per heavy atom. The second kappa shape index (κ2) is 34.9. The number of carbonyl (C=O) groups excluding carboxylic acids is 2. The Kier molecular flexibility index (Phi) is 33.9. The third-order valence-electron chi connectivity index (χ3n) is 9.09. The molecule has 0 bridgehead atoms. The van der Waals surface area contributed by atoms with E-state index < -0.39 is 26.5 Å². The zero-order valence-corrected chi connectivity index (χ0v) is 35.5. The summed E-state index contributed by atoms with van der Waals surface area (Å²) in [6.07, 6.45) is 32.6. The standard InChI is InChI=1S/C42H80NO9P/c1-6-8-10-11-12-13-14-15-16-19-22-25-29-33-41(45)49-37-40(38-51-53(47,48)50-36-35-43(3,4)5)52-42(46)34-30-26-23-20-17-18-21-24-28-32-39(44)31-27-9-7-2/h21,24,28,32,39-40,44H,6-20,22-23,25-27,29-31,33-38H2,1-5H3/p+1/b24-21-,32-28+/t39-,40+/m0/s1. The van der Waals surface area contributed by atoms with E-state index in [1.54, 1.807) is 0 Å². The van der Waals surface area contributed by atoms with Crippen LogP contribution < -0.4 is 0 Å². The number of likely N-dealkylation sites (N-methyl/N-ethyl adjacent to an activating group) is 1. The number of nitrogens with zero attached hydrogens (tertiary/aromatic N) is 1. The van der Waals surface area contributed by atoms with Crippen LogP contribution in [0.5, 0.6) is 0 Å². The lowest BCUT2D eigenvalue weighted by Crippen LogP contribution is -2.37. The van der Waals surface area contributed by atoms with Crippen LogP contribution in [0.3, 0.4) is 0 Å². The van der Waals surface area contributed by atoms with Crippen LogP contribution in [-0.2, 0) is 32.7 Å². The normalized spacial score (nSPS) is 14.5. The van der Waals surface area contributed by atoms with E-state index in [1.165, 1.54) is 64.2 Å². The van der Waals surface area contributed by atoms with E-state index in [1.807, 2.05) is 39.4 Å². The molecular weight excluding hydrogens is 693 g/mol. The zero-order valence-electron chi connectivity index (χ0n) is 34.6. The number of allylic oxidation sites excluding steroid dienone is 3. The molecule has 0 spiro atoms. The molecular formula is C42H81NO9P+. The molecule has 11 heteroatoms. The number of esters is 2. The largest absolute Gasteiger partial charge is 0.472 e. The van der Waals surface area contributed by atoms with Gasteiger partial charge in [-0.15, -0.1) is 0 Å². The lowest BCUT2D eigenvalue weighted by atomic mass is 10.0. The van der Waals surface area contributed by atoms with E-state index >= 15 is 0 Å². The molecule has 0 aromatic carbocycles. The average Bonchev–Trinajstić information content (AvgIpc) is 3.09. The number of phosphoric acid groups is 1. The molecule has 0 aliphatic rings. The molecule has 0 fully saturated rings. The third kappa shape index (κ3) is 38.5. The van der Waals surface area contributed by atoms with Gasteiger partial charge in [-0.25, -0.2) is 4.57 Å². The minimum Gasteiger partial charge on any atom is -0.462 e. The lowest BCUT2D eigenvalue weighted by Gasteiger charge is -2.24. The quantitative estimate of drug-likeness (QED) is 0.0207. The fraction of sp³-hybridized carbons (Fsp3) is 0.857. The summed E-state index contributed by atoms with van der Waals surface area (Å²) in [6.45, 7) is 4.26. The van der Waals surface area contributed by atoms with Crippen molar-refractivity contribution in [3.05, 3.63) is 24.3 Å². The Labute approximate surface area is 324 Å². The highest BCUT2D eigenvalue weighted by Crippen LogP contribution is 2.43. The van der Waals surface area contributed by atoms with Gasteiger partial charge in [0.15, 0.2) is 6.10 Å². The molecule has 312 valence electrons. The first-order chi connectivity index (χ1) is 25.4. The minimum atomic E-state index is -4.39. The molecule has 53 heavy (non-hydrogen) atoms. The first-order valence-corrected chi connectivity index (χ1v) is 22.7. The maximum absolute atomic E-state index is 12.7. The van der Waals surface area contributed by atoms with Crippen molar-refractivity contribution in [1.82, 2.24) is 0 Å². The third-order valence-corrected chi connectivity index (χ3v) is 10.1. The van der Waals surface area contributed by atoms with Gasteiger partial charge in [-0.05, 0) is 32.1 Å². The van der Waals surface area contributed by atoms with Crippen LogP contribution in [0.1, 0.15) is 174 Å². The smallest absolute Gasteiger partial charge is 0.462 e. The van der Waals surface area contributed by atoms with Gasteiger partial charge in [-0.1, -0.05) is 154 Å². The highest BCUT2D eigenvalue weighted by atomic mass is 31.2. The van der Waals surface area contributed by atoms with Crippen LogP contribution in [0.4, 0.5) is 0 Å². The Hall–Kier alpha value is -1.55. The molecule has 2 N–H and O–H groups in total. The number of hydrogen-bond acceptors (Lipinski definition) is 8. The van der Waals surface area contributed by atoms with Gasteiger partial charge in [0.25, 0.3) is 0 Å². The SMILES string of the molecule is CCCCCCCCCCCCCCCC(=O)OC[C@H](COP(=O)(O)OCC[N+](C)(C)C)OC(=O)CCCCCCC/C=C\C=C\[C@@H](O)CCCCC. The molecule has 0 saturated heterocycles. The molecule has 0 radical (unpaired) electrons. The van der Waals surface area contributed by atoms with Crippen LogP contribution in [0.2, 0.25) is 0 Å². The van der Waals surface area contributed by atoms with Gasteiger partial charge in [0.2, 0.25) is 0 Å².